The highest BCUT2D eigenvalue weighted by Crippen LogP contribution is 2.23. The minimum absolute atomic E-state index is 0.138. The van der Waals surface area contributed by atoms with Gasteiger partial charge in [0.1, 0.15) is 5.82 Å². The Morgan fingerprint density at radius 1 is 1.17 bits per heavy atom. The maximum Gasteiger partial charge on any atom is 0.290 e. The highest BCUT2D eigenvalue weighted by Gasteiger charge is 2.04. The summed E-state index contributed by atoms with van der Waals surface area (Å²) in [4.78, 5) is 8.36. The van der Waals surface area contributed by atoms with Crippen molar-refractivity contribution in [3.05, 3.63) is 59.9 Å². The van der Waals surface area contributed by atoms with Gasteiger partial charge in [-0.1, -0.05) is 49.4 Å². The van der Waals surface area contributed by atoms with Crippen LogP contribution in [0.5, 0.6) is 0 Å². The fourth-order valence-electron chi connectivity index (χ4n) is 1.63. The van der Waals surface area contributed by atoms with Gasteiger partial charge in [-0.25, -0.2) is 4.39 Å². The Kier molecular flexibility index (Phi) is 5.58. The SMILES string of the molecule is CCc1ccc(-c2ccccc2)c(F)c1.O=CO. The molecule has 2 nitrogen and oxygen atoms in total. The molecular formula is C15H15FO2. The smallest absolute Gasteiger partial charge is 0.290 e. The fourth-order valence-corrected chi connectivity index (χ4v) is 1.63. The first-order chi connectivity index (χ1) is 8.72. The van der Waals surface area contributed by atoms with E-state index < -0.39 is 0 Å². The van der Waals surface area contributed by atoms with Gasteiger partial charge in [-0.3, -0.25) is 4.79 Å². The lowest BCUT2D eigenvalue weighted by Gasteiger charge is -2.04. The van der Waals surface area contributed by atoms with Gasteiger partial charge in [0.05, 0.1) is 0 Å². The van der Waals surface area contributed by atoms with Crippen molar-refractivity contribution in [3.8, 4) is 11.1 Å². The van der Waals surface area contributed by atoms with Gasteiger partial charge in [-0.2, -0.15) is 0 Å². The van der Waals surface area contributed by atoms with Crippen LogP contribution in [-0.4, -0.2) is 11.6 Å². The summed E-state index contributed by atoms with van der Waals surface area (Å²) in [6.45, 7) is 1.77. The topological polar surface area (TPSA) is 37.3 Å². The average Bonchev–Trinajstić information content (AvgIpc) is 2.40. The van der Waals surface area contributed by atoms with Crippen LogP contribution in [0.1, 0.15) is 12.5 Å². The van der Waals surface area contributed by atoms with Crippen molar-refractivity contribution in [2.75, 3.05) is 0 Å². The Morgan fingerprint density at radius 3 is 2.28 bits per heavy atom. The number of carboxylic acid groups (broad SMARTS) is 1. The van der Waals surface area contributed by atoms with Crippen LogP contribution in [0.2, 0.25) is 0 Å². The lowest BCUT2D eigenvalue weighted by molar-refractivity contribution is -0.122. The second-order valence-corrected chi connectivity index (χ2v) is 3.64. The van der Waals surface area contributed by atoms with Crippen LogP contribution >= 0.6 is 0 Å². The summed E-state index contributed by atoms with van der Waals surface area (Å²) in [5, 5.41) is 6.89. The third-order valence-corrected chi connectivity index (χ3v) is 2.53. The zero-order valence-corrected chi connectivity index (χ0v) is 10.1. The Labute approximate surface area is 106 Å². The Balaban J connectivity index is 0.000000492. The quantitative estimate of drug-likeness (QED) is 0.819. The molecule has 3 heteroatoms. The number of rotatable bonds is 2. The van der Waals surface area contributed by atoms with Crippen molar-refractivity contribution in [2.24, 2.45) is 0 Å². The number of aryl methyl sites for hydroxylation is 1. The molecule has 0 radical (unpaired) electrons. The summed E-state index contributed by atoms with van der Waals surface area (Å²) in [5.74, 6) is -0.138. The van der Waals surface area contributed by atoms with E-state index in [4.69, 9.17) is 9.90 Å². The molecule has 0 saturated heterocycles. The van der Waals surface area contributed by atoms with E-state index in [0.717, 1.165) is 17.5 Å². The summed E-state index contributed by atoms with van der Waals surface area (Å²) in [6.07, 6.45) is 0.867. The molecule has 0 aromatic heterocycles. The maximum atomic E-state index is 13.7. The average molecular weight is 246 g/mol. The van der Waals surface area contributed by atoms with Crippen LogP contribution in [-0.2, 0) is 11.2 Å². The first-order valence-corrected chi connectivity index (χ1v) is 5.64. The van der Waals surface area contributed by atoms with E-state index in [0.29, 0.717) is 5.56 Å². The molecule has 0 fully saturated rings. The van der Waals surface area contributed by atoms with Gasteiger partial charge in [0.15, 0.2) is 0 Å². The summed E-state index contributed by atoms with van der Waals surface area (Å²) >= 11 is 0. The highest BCUT2D eigenvalue weighted by atomic mass is 19.1. The van der Waals surface area contributed by atoms with Gasteiger partial charge in [-0.15, -0.1) is 0 Å². The largest absolute Gasteiger partial charge is 0.483 e. The number of carbonyl (C=O) groups is 1. The molecule has 0 saturated carbocycles. The van der Waals surface area contributed by atoms with Gasteiger partial charge in [0, 0.05) is 5.56 Å². The summed E-state index contributed by atoms with van der Waals surface area (Å²) < 4.78 is 13.7. The molecule has 0 spiro atoms. The molecule has 0 bridgehead atoms. The molecule has 0 unspecified atom stereocenters. The van der Waals surface area contributed by atoms with Gasteiger partial charge in [-0.05, 0) is 23.6 Å². The molecular weight excluding hydrogens is 231 g/mol. The van der Waals surface area contributed by atoms with Crippen LogP contribution in [0.4, 0.5) is 4.39 Å². The van der Waals surface area contributed by atoms with Crippen LogP contribution in [0.15, 0.2) is 48.5 Å². The zero-order chi connectivity index (χ0) is 13.4. The van der Waals surface area contributed by atoms with Gasteiger partial charge >= 0.3 is 0 Å². The van der Waals surface area contributed by atoms with E-state index >= 15 is 0 Å². The minimum Gasteiger partial charge on any atom is -0.483 e. The molecule has 94 valence electrons. The molecule has 18 heavy (non-hydrogen) atoms. The predicted octanol–water partition coefficient (Wildman–Crippen LogP) is 3.76. The van der Waals surface area contributed by atoms with E-state index in [2.05, 4.69) is 0 Å². The van der Waals surface area contributed by atoms with Crippen molar-refractivity contribution in [1.82, 2.24) is 0 Å². The maximum absolute atomic E-state index is 13.7. The number of hydrogen-bond acceptors (Lipinski definition) is 1. The van der Waals surface area contributed by atoms with Gasteiger partial charge < -0.3 is 5.11 Å². The molecule has 2 aromatic rings. The second-order valence-electron chi connectivity index (χ2n) is 3.64. The first-order valence-electron chi connectivity index (χ1n) is 5.64. The molecule has 0 aliphatic carbocycles. The molecule has 0 aliphatic rings. The zero-order valence-electron chi connectivity index (χ0n) is 10.1. The van der Waals surface area contributed by atoms with E-state index in [1.54, 1.807) is 6.07 Å². The Hall–Kier alpha value is -2.16. The Bertz CT molecular complexity index is 495. The molecule has 0 amide bonds. The molecule has 2 aromatic carbocycles. The molecule has 0 heterocycles. The van der Waals surface area contributed by atoms with E-state index in [1.165, 1.54) is 0 Å². The Morgan fingerprint density at radius 2 is 1.78 bits per heavy atom. The molecule has 0 atom stereocenters. The van der Waals surface area contributed by atoms with Crippen molar-refractivity contribution in [1.29, 1.82) is 0 Å². The van der Waals surface area contributed by atoms with E-state index in [-0.39, 0.29) is 12.3 Å². The molecule has 2 rings (SSSR count). The second kappa shape index (κ2) is 7.22. The normalized spacial score (nSPS) is 9.22. The van der Waals surface area contributed by atoms with Crippen molar-refractivity contribution < 1.29 is 14.3 Å². The monoisotopic (exact) mass is 246 g/mol. The molecule has 1 N–H and O–H groups in total. The van der Waals surface area contributed by atoms with Crippen LogP contribution in [0.3, 0.4) is 0 Å². The van der Waals surface area contributed by atoms with Gasteiger partial charge in [0.25, 0.3) is 6.47 Å². The molecule has 0 aliphatic heterocycles. The predicted molar refractivity (Wildman–Crippen MR) is 69.9 cm³/mol. The summed E-state index contributed by atoms with van der Waals surface area (Å²) in [7, 11) is 0. The third-order valence-electron chi connectivity index (χ3n) is 2.53. The standard InChI is InChI=1S/C14H13F.CH2O2/c1-2-11-8-9-13(14(15)10-11)12-6-4-3-5-7-12;2-1-3/h3-10H,2H2,1H3;1H,(H,2,3). The lowest BCUT2D eigenvalue weighted by Crippen LogP contribution is -1.87. The van der Waals surface area contributed by atoms with Crippen molar-refractivity contribution >= 4 is 6.47 Å². The van der Waals surface area contributed by atoms with Crippen molar-refractivity contribution in [3.63, 3.8) is 0 Å². The lowest BCUT2D eigenvalue weighted by atomic mass is 10.0. The van der Waals surface area contributed by atoms with Crippen LogP contribution in [0.25, 0.3) is 11.1 Å². The first kappa shape index (κ1) is 13.9. The number of halogens is 1. The third kappa shape index (κ3) is 3.70. The number of benzene rings is 2. The summed E-state index contributed by atoms with van der Waals surface area (Å²) in [6, 6.07) is 15.1. The van der Waals surface area contributed by atoms with E-state index in [1.807, 2.05) is 49.4 Å². The summed E-state index contributed by atoms with van der Waals surface area (Å²) in [5.41, 5.74) is 2.64. The van der Waals surface area contributed by atoms with Crippen molar-refractivity contribution in [2.45, 2.75) is 13.3 Å². The van der Waals surface area contributed by atoms with E-state index in [9.17, 15) is 4.39 Å². The van der Waals surface area contributed by atoms with Crippen LogP contribution in [0, 0.1) is 5.82 Å². The van der Waals surface area contributed by atoms with Crippen LogP contribution < -0.4 is 0 Å². The highest BCUT2D eigenvalue weighted by molar-refractivity contribution is 5.64. The number of hydrogen-bond donors (Lipinski definition) is 1. The van der Waals surface area contributed by atoms with Gasteiger partial charge in [0.2, 0.25) is 0 Å². The minimum atomic E-state index is -0.250. The fraction of sp³-hybridized carbons (Fsp3) is 0.133.